The summed E-state index contributed by atoms with van der Waals surface area (Å²) in [5.41, 5.74) is 0.411. The Labute approximate surface area is 118 Å². The highest BCUT2D eigenvalue weighted by molar-refractivity contribution is 5.99. The van der Waals surface area contributed by atoms with Crippen LogP contribution in [0.5, 0.6) is 0 Å². The lowest BCUT2D eigenvalue weighted by Gasteiger charge is -2.16. The lowest BCUT2D eigenvalue weighted by molar-refractivity contribution is 0.0698. The van der Waals surface area contributed by atoms with E-state index in [2.05, 4.69) is 17.6 Å². The molecule has 1 aliphatic rings. The molecule has 2 rings (SSSR count). The molecular weight excluding hydrogens is 256 g/mol. The number of carbonyl (C=O) groups excluding carboxylic acids is 1. The largest absolute Gasteiger partial charge is 0.478 e. The molecule has 0 aliphatic heterocycles. The summed E-state index contributed by atoms with van der Waals surface area (Å²) in [6.07, 6.45) is 3.58. The number of nitrogens with one attached hydrogen (secondary N) is 2. The molecule has 0 aromatic heterocycles. The summed E-state index contributed by atoms with van der Waals surface area (Å²) in [5, 5.41) is 14.5. The predicted octanol–water partition coefficient (Wildman–Crippen LogP) is 2.94. The highest BCUT2D eigenvalue weighted by Crippen LogP contribution is 2.30. The van der Waals surface area contributed by atoms with Crippen LogP contribution >= 0.6 is 0 Å². The molecule has 1 saturated carbocycles. The first-order chi connectivity index (χ1) is 9.58. The average molecular weight is 276 g/mol. The van der Waals surface area contributed by atoms with Gasteiger partial charge in [0.2, 0.25) is 0 Å². The zero-order valence-electron chi connectivity index (χ0n) is 11.6. The van der Waals surface area contributed by atoms with Gasteiger partial charge in [0.15, 0.2) is 0 Å². The molecule has 108 valence electrons. The molecule has 1 aromatic rings. The fraction of sp³-hybridized carbons (Fsp3) is 0.467. The molecule has 1 fully saturated rings. The summed E-state index contributed by atoms with van der Waals surface area (Å²) < 4.78 is 0. The normalized spacial score (nSPS) is 21.4. The summed E-state index contributed by atoms with van der Waals surface area (Å²) in [6.45, 7) is 2.85. The second-order valence-corrected chi connectivity index (χ2v) is 5.35. The Morgan fingerprint density at radius 2 is 2.05 bits per heavy atom. The first-order valence-corrected chi connectivity index (χ1v) is 6.95. The Kier molecular flexibility index (Phi) is 4.61. The van der Waals surface area contributed by atoms with Crippen LogP contribution in [0.25, 0.3) is 0 Å². The van der Waals surface area contributed by atoms with Gasteiger partial charge in [0, 0.05) is 6.54 Å². The molecule has 2 unspecified atom stereocenters. The van der Waals surface area contributed by atoms with Crippen molar-refractivity contribution < 1.29 is 14.7 Å². The van der Waals surface area contributed by atoms with Crippen molar-refractivity contribution in [2.24, 2.45) is 11.8 Å². The molecule has 0 saturated heterocycles. The van der Waals surface area contributed by atoms with E-state index >= 15 is 0 Å². The Bertz CT molecular complexity index is 502. The van der Waals surface area contributed by atoms with Gasteiger partial charge < -0.3 is 15.7 Å². The molecule has 1 aromatic carbocycles. The zero-order chi connectivity index (χ0) is 14.5. The number of anilines is 1. The zero-order valence-corrected chi connectivity index (χ0v) is 11.6. The van der Waals surface area contributed by atoms with E-state index in [0.717, 1.165) is 6.42 Å². The minimum absolute atomic E-state index is 0.0943. The van der Waals surface area contributed by atoms with Gasteiger partial charge in [0.25, 0.3) is 0 Å². The Hall–Kier alpha value is -2.04. The molecule has 1 aliphatic carbocycles. The minimum Gasteiger partial charge on any atom is -0.478 e. The third-order valence-electron chi connectivity index (χ3n) is 3.97. The number of carboxylic acid groups (broad SMARTS) is 1. The minimum atomic E-state index is -1.05. The maximum atomic E-state index is 11.8. The van der Waals surface area contributed by atoms with Crippen LogP contribution in [0.2, 0.25) is 0 Å². The number of carbonyl (C=O) groups is 2. The molecular formula is C15H20N2O3. The first-order valence-electron chi connectivity index (χ1n) is 6.95. The van der Waals surface area contributed by atoms with Crippen LogP contribution in [0.1, 0.15) is 36.5 Å². The van der Waals surface area contributed by atoms with Crippen LogP contribution in [0.3, 0.4) is 0 Å². The number of amides is 2. The van der Waals surface area contributed by atoms with E-state index in [1.807, 2.05) is 0 Å². The third kappa shape index (κ3) is 3.50. The molecule has 2 amide bonds. The van der Waals surface area contributed by atoms with E-state index in [1.165, 1.54) is 18.9 Å². The van der Waals surface area contributed by atoms with Gasteiger partial charge in [0.05, 0.1) is 11.3 Å². The van der Waals surface area contributed by atoms with Crippen molar-refractivity contribution in [3.8, 4) is 0 Å². The van der Waals surface area contributed by atoms with E-state index in [9.17, 15) is 9.59 Å². The second-order valence-electron chi connectivity index (χ2n) is 5.35. The van der Waals surface area contributed by atoms with Crippen molar-refractivity contribution in [2.75, 3.05) is 11.9 Å². The quantitative estimate of drug-likeness (QED) is 0.791. The summed E-state index contributed by atoms with van der Waals surface area (Å²) in [5.74, 6) is 0.113. The molecule has 5 nitrogen and oxygen atoms in total. The van der Waals surface area contributed by atoms with Gasteiger partial charge in [-0.1, -0.05) is 31.9 Å². The second kappa shape index (κ2) is 6.41. The molecule has 0 radical (unpaired) electrons. The number of para-hydroxylation sites is 1. The van der Waals surface area contributed by atoms with E-state index in [0.29, 0.717) is 24.1 Å². The van der Waals surface area contributed by atoms with Crippen LogP contribution in [-0.4, -0.2) is 23.7 Å². The standard InChI is InChI=1S/C15H20N2O3/c1-10-5-4-6-11(10)9-16-15(20)17-13-8-3-2-7-12(13)14(18)19/h2-3,7-8,10-11H,4-6,9H2,1H3,(H,18,19)(H2,16,17,20). The summed E-state index contributed by atoms with van der Waals surface area (Å²) >= 11 is 0. The van der Waals surface area contributed by atoms with Crippen molar-refractivity contribution in [1.82, 2.24) is 5.32 Å². The van der Waals surface area contributed by atoms with Gasteiger partial charge in [-0.15, -0.1) is 0 Å². The maximum Gasteiger partial charge on any atom is 0.337 e. The Morgan fingerprint density at radius 1 is 1.30 bits per heavy atom. The number of urea groups is 1. The van der Waals surface area contributed by atoms with E-state index in [4.69, 9.17) is 5.11 Å². The molecule has 20 heavy (non-hydrogen) atoms. The van der Waals surface area contributed by atoms with Gasteiger partial charge in [-0.25, -0.2) is 9.59 Å². The predicted molar refractivity (Wildman–Crippen MR) is 76.9 cm³/mol. The number of aromatic carboxylic acids is 1. The lowest BCUT2D eigenvalue weighted by Crippen LogP contribution is -2.34. The number of hydrogen-bond acceptors (Lipinski definition) is 2. The van der Waals surface area contributed by atoms with Crippen LogP contribution in [0.15, 0.2) is 24.3 Å². The molecule has 0 spiro atoms. The monoisotopic (exact) mass is 276 g/mol. The SMILES string of the molecule is CC1CCCC1CNC(=O)Nc1ccccc1C(=O)O. The molecule has 0 bridgehead atoms. The van der Waals surface area contributed by atoms with Crippen molar-refractivity contribution in [1.29, 1.82) is 0 Å². The van der Waals surface area contributed by atoms with E-state index < -0.39 is 5.97 Å². The summed E-state index contributed by atoms with van der Waals surface area (Å²) in [7, 11) is 0. The number of hydrogen-bond donors (Lipinski definition) is 3. The highest BCUT2D eigenvalue weighted by Gasteiger charge is 2.23. The van der Waals surface area contributed by atoms with Crippen molar-refractivity contribution >= 4 is 17.7 Å². The number of rotatable bonds is 4. The lowest BCUT2D eigenvalue weighted by atomic mass is 9.98. The molecule has 3 N–H and O–H groups in total. The highest BCUT2D eigenvalue weighted by atomic mass is 16.4. The molecule has 5 heteroatoms. The van der Waals surface area contributed by atoms with E-state index in [-0.39, 0.29) is 11.6 Å². The van der Waals surface area contributed by atoms with Crippen molar-refractivity contribution in [3.63, 3.8) is 0 Å². The Balaban J connectivity index is 1.90. The van der Waals surface area contributed by atoms with Gasteiger partial charge in [-0.05, 0) is 30.4 Å². The van der Waals surface area contributed by atoms with Gasteiger partial charge in [-0.3, -0.25) is 0 Å². The van der Waals surface area contributed by atoms with Crippen LogP contribution in [0, 0.1) is 11.8 Å². The average Bonchev–Trinajstić information content (AvgIpc) is 2.82. The van der Waals surface area contributed by atoms with Gasteiger partial charge in [-0.2, -0.15) is 0 Å². The fourth-order valence-corrected chi connectivity index (χ4v) is 2.69. The topological polar surface area (TPSA) is 78.4 Å². The maximum absolute atomic E-state index is 11.8. The van der Waals surface area contributed by atoms with Gasteiger partial charge >= 0.3 is 12.0 Å². The third-order valence-corrected chi connectivity index (χ3v) is 3.97. The van der Waals surface area contributed by atoms with Crippen molar-refractivity contribution in [2.45, 2.75) is 26.2 Å². The van der Waals surface area contributed by atoms with Gasteiger partial charge in [0.1, 0.15) is 0 Å². The summed E-state index contributed by atoms with van der Waals surface area (Å²) in [4.78, 5) is 22.9. The molecule has 0 heterocycles. The van der Waals surface area contributed by atoms with Crippen molar-refractivity contribution in [3.05, 3.63) is 29.8 Å². The molecule has 2 atom stereocenters. The van der Waals surface area contributed by atoms with Crippen LogP contribution < -0.4 is 10.6 Å². The first kappa shape index (κ1) is 14.4. The number of benzene rings is 1. The summed E-state index contributed by atoms with van der Waals surface area (Å²) in [6, 6.07) is 6.03. The van der Waals surface area contributed by atoms with E-state index in [1.54, 1.807) is 18.2 Å². The smallest absolute Gasteiger partial charge is 0.337 e. The number of carboxylic acids is 1. The van der Waals surface area contributed by atoms with Crippen LogP contribution in [-0.2, 0) is 0 Å². The fourth-order valence-electron chi connectivity index (χ4n) is 2.69. The van der Waals surface area contributed by atoms with Crippen LogP contribution in [0.4, 0.5) is 10.5 Å². The Morgan fingerprint density at radius 3 is 2.70 bits per heavy atom.